The fraction of sp³-hybridized carbons (Fsp3) is 0.278. The van der Waals surface area contributed by atoms with E-state index < -0.39 is 5.97 Å². The Hall–Kier alpha value is -2.29. The van der Waals surface area contributed by atoms with Crippen molar-refractivity contribution in [2.45, 2.75) is 32.7 Å². The molecule has 2 N–H and O–H groups in total. The lowest BCUT2D eigenvalue weighted by molar-refractivity contribution is 0.0697. The minimum atomic E-state index is -0.910. The van der Waals surface area contributed by atoms with Crippen LogP contribution in [0.1, 0.15) is 54.2 Å². The zero-order valence-electron chi connectivity index (χ0n) is 12.6. The summed E-state index contributed by atoms with van der Waals surface area (Å²) in [6.45, 7) is 6.42. The molecule has 0 aliphatic carbocycles. The first-order chi connectivity index (χ1) is 9.97. The average molecular weight is 283 g/mol. The van der Waals surface area contributed by atoms with Crippen molar-refractivity contribution in [3.8, 4) is 0 Å². The molecule has 110 valence electrons. The monoisotopic (exact) mass is 283 g/mol. The van der Waals surface area contributed by atoms with Gasteiger partial charge in [-0.05, 0) is 42.2 Å². The third-order valence-corrected chi connectivity index (χ3v) is 3.60. The van der Waals surface area contributed by atoms with Crippen LogP contribution in [0.3, 0.4) is 0 Å². The van der Waals surface area contributed by atoms with Crippen LogP contribution < -0.4 is 5.32 Å². The van der Waals surface area contributed by atoms with E-state index in [9.17, 15) is 4.79 Å². The van der Waals surface area contributed by atoms with Crippen LogP contribution in [-0.4, -0.2) is 11.1 Å². The Morgan fingerprint density at radius 3 is 2.19 bits per heavy atom. The van der Waals surface area contributed by atoms with Crippen molar-refractivity contribution in [3.05, 3.63) is 65.2 Å². The Kier molecular flexibility index (Phi) is 4.63. The summed E-state index contributed by atoms with van der Waals surface area (Å²) in [5.74, 6) is -0.387. The molecule has 1 unspecified atom stereocenters. The Bertz CT molecular complexity index is 617. The van der Waals surface area contributed by atoms with Gasteiger partial charge in [0.25, 0.3) is 0 Å². The van der Waals surface area contributed by atoms with Crippen molar-refractivity contribution in [1.29, 1.82) is 0 Å². The number of carboxylic acids is 1. The van der Waals surface area contributed by atoms with Crippen molar-refractivity contribution in [2.75, 3.05) is 5.32 Å². The van der Waals surface area contributed by atoms with E-state index >= 15 is 0 Å². The molecule has 0 aliphatic rings. The Morgan fingerprint density at radius 2 is 1.62 bits per heavy atom. The topological polar surface area (TPSA) is 49.3 Å². The molecular formula is C18H21NO2. The highest BCUT2D eigenvalue weighted by atomic mass is 16.4. The molecule has 0 spiro atoms. The van der Waals surface area contributed by atoms with Crippen LogP contribution in [-0.2, 0) is 0 Å². The van der Waals surface area contributed by atoms with E-state index in [2.05, 4.69) is 50.4 Å². The molecule has 1 atom stereocenters. The van der Waals surface area contributed by atoms with Crippen LogP contribution in [0.2, 0.25) is 0 Å². The van der Waals surface area contributed by atoms with Crippen molar-refractivity contribution >= 4 is 11.7 Å². The summed E-state index contributed by atoms with van der Waals surface area (Å²) in [6, 6.07) is 15.5. The SMILES string of the molecule is CC(C)c1ccc(C(C)Nc2cccc(C(=O)O)c2)cc1. The summed E-state index contributed by atoms with van der Waals surface area (Å²) in [6.07, 6.45) is 0. The van der Waals surface area contributed by atoms with E-state index in [0.29, 0.717) is 11.5 Å². The highest BCUT2D eigenvalue weighted by molar-refractivity contribution is 5.88. The molecule has 0 fully saturated rings. The fourth-order valence-corrected chi connectivity index (χ4v) is 2.24. The molecule has 2 aromatic rings. The molecule has 3 heteroatoms. The number of rotatable bonds is 5. The quantitative estimate of drug-likeness (QED) is 0.837. The molecule has 21 heavy (non-hydrogen) atoms. The highest BCUT2D eigenvalue weighted by Crippen LogP contribution is 2.22. The van der Waals surface area contributed by atoms with Crippen LogP contribution in [0.25, 0.3) is 0 Å². The summed E-state index contributed by atoms with van der Waals surface area (Å²) in [5.41, 5.74) is 3.61. The van der Waals surface area contributed by atoms with E-state index in [-0.39, 0.29) is 6.04 Å². The largest absolute Gasteiger partial charge is 0.478 e. The third-order valence-electron chi connectivity index (χ3n) is 3.60. The zero-order valence-corrected chi connectivity index (χ0v) is 12.6. The fourth-order valence-electron chi connectivity index (χ4n) is 2.24. The first-order valence-corrected chi connectivity index (χ1v) is 7.17. The Labute approximate surface area is 125 Å². The highest BCUT2D eigenvalue weighted by Gasteiger charge is 2.08. The Balaban J connectivity index is 2.12. The van der Waals surface area contributed by atoms with Gasteiger partial charge in [-0.3, -0.25) is 0 Å². The van der Waals surface area contributed by atoms with E-state index in [1.54, 1.807) is 18.2 Å². The van der Waals surface area contributed by atoms with Crippen LogP contribution >= 0.6 is 0 Å². The summed E-state index contributed by atoms with van der Waals surface area (Å²) in [7, 11) is 0. The number of anilines is 1. The van der Waals surface area contributed by atoms with Gasteiger partial charge in [-0.1, -0.05) is 44.2 Å². The van der Waals surface area contributed by atoms with Crippen LogP contribution in [0.15, 0.2) is 48.5 Å². The van der Waals surface area contributed by atoms with E-state index in [0.717, 1.165) is 5.69 Å². The van der Waals surface area contributed by atoms with E-state index in [1.807, 2.05) is 6.07 Å². The lowest BCUT2D eigenvalue weighted by Gasteiger charge is -2.17. The smallest absolute Gasteiger partial charge is 0.335 e. The minimum Gasteiger partial charge on any atom is -0.478 e. The summed E-state index contributed by atoms with van der Waals surface area (Å²) < 4.78 is 0. The standard InChI is InChI=1S/C18H21NO2/c1-12(2)14-7-9-15(10-8-14)13(3)19-17-6-4-5-16(11-17)18(20)21/h4-13,19H,1-3H3,(H,20,21). The second-order valence-electron chi connectivity index (χ2n) is 5.57. The molecule has 0 aliphatic heterocycles. The Morgan fingerprint density at radius 1 is 1.00 bits per heavy atom. The van der Waals surface area contributed by atoms with Gasteiger partial charge < -0.3 is 10.4 Å². The van der Waals surface area contributed by atoms with Crippen LogP contribution in [0.5, 0.6) is 0 Å². The van der Waals surface area contributed by atoms with Gasteiger partial charge in [0.2, 0.25) is 0 Å². The normalized spacial score (nSPS) is 12.2. The van der Waals surface area contributed by atoms with Gasteiger partial charge in [0.1, 0.15) is 0 Å². The summed E-state index contributed by atoms with van der Waals surface area (Å²) >= 11 is 0. The van der Waals surface area contributed by atoms with Gasteiger partial charge in [-0.15, -0.1) is 0 Å². The molecule has 0 saturated heterocycles. The number of hydrogen-bond donors (Lipinski definition) is 2. The van der Waals surface area contributed by atoms with Crippen LogP contribution in [0.4, 0.5) is 5.69 Å². The lowest BCUT2D eigenvalue weighted by atomic mass is 9.99. The molecular weight excluding hydrogens is 262 g/mol. The summed E-state index contributed by atoms with van der Waals surface area (Å²) in [5, 5.41) is 12.4. The zero-order chi connectivity index (χ0) is 15.4. The predicted molar refractivity (Wildman–Crippen MR) is 86.0 cm³/mol. The van der Waals surface area contributed by atoms with Gasteiger partial charge in [-0.2, -0.15) is 0 Å². The lowest BCUT2D eigenvalue weighted by Crippen LogP contribution is -2.07. The minimum absolute atomic E-state index is 0.121. The summed E-state index contributed by atoms with van der Waals surface area (Å²) in [4.78, 5) is 11.0. The second-order valence-corrected chi connectivity index (χ2v) is 5.57. The second kappa shape index (κ2) is 6.44. The van der Waals surface area contributed by atoms with Crippen LogP contribution in [0, 0.1) is 0 Å². The molecule has 3 nitrogen and oxygen atoms in total. The first-order valence-electron chi connectivity index (χ1n) is 7.17. The van der Waals surface area contributed by atoms with Gasteiger partial charge >= 0.3 is 5.97 Å². The predicted octanol–water partition coefficient (Wildman–Crippen LogP) is 4.68. The number of benzene rings is 2. The van der Waals surface area contributed by atoms with E-state index in [1.165, 1.54) is 11.1 Å². The maximum absolute atomic E-state index is 11.0. The maximum atomic E-state index is 11.0. The van der Waals surface area contributed by atoms with Crippen molar-refractivity contribution < 1.29 is 9.90 Å². The molecule has 0 heterocycles. The van der Waals surface area contributed by atoms with Crippen molar-refractivity contribution in [1.82, 2.24) is 0 Å². The molecule has 0 aromatic heterocycles. The third kappa shape index (κ3) is 3.85. The molecule has 2 rings (SSSR count). The first kappa shape index (κ1) is 15.1. The van der Waals surface area contributed by atoms with Gasteiger partial charge in [0, 0.05) is 11.7 Å². The number of hydrogen-bond acceptors (Lipinski definition) is 2. The average Bonchev–Trinajstić information content (AvgIpc) is 2.47. The van der Waals surface area contributed by atoms with Gasteiger partial charge in [-0.25, -0.2) is 4.79 Å². The maximum Gasteiger partial charge on any atom is 0.335 e. The van der Waals surface area contributed by atoms with Gasteiger partial charge in [0.05, 0.1) is 5.56 Å². The van der Waals surface area contributed by atoms with Gasteiger partial charge in [0.15, 0.2) is 0 Å². The number of carboxylic acid groups (broad SMARTS) is 1. The molecule has 0 saturated carbocycles. The molecule has 0 bridgehead atoms. The number of aromatic carboxylic acids is 1. The molecule has 0 amide bonds. The van der Waals surface area contributed by atoms with Crippen molar-refractivity contribution in [2.24, 2.45) is 0 Å². The number of carbonyl (C=O) groups is 1. The van der Waals surface area contributed by atoms with Crippen molar-refractivity contribution in [3.63, 3.8) is 0 Å². The number of nitrogens with one attached hydrogen (secondary N) is 1. The molecule has 0 radical (unpaired) electrons. The molecule has 2 aromatic carbocycles. The van der Waals surface area contributed by atoms with E-state index in [4.69, 9.17) is 5.11 Å².